The van der Waals surface area contributed by atoms with Crippen molar-refractivity contribution in [2.75, 3.05) is 0 Å². The molecular formula is C22H25FO3. The Bertz CT molecular complexity index is 796. The summed E-state index contributed by atoms with van der Waals surface area (Å²) in [6.07, 6.45) is 1.60. The number of aliphatic hydroxyl groups is 1. The van der Waals surface area contributed by atoms with Crippen LogP contribution in [0.25, 0.3) is 0 Å². The number of carbonyl (C=O) groups excluding carboxylic acids is 1. The highest BCUT2D eigenvalue weighted by Crippen LogP contribution is 2.33. The van der Waals surface area contributed by atoms with Crippen molar-refractivity contribution in [1.82, 2.24) is 0 Å². The summed E-state index contributed by atoms with van der Waals surface area (Å²) in [4.78, 5) is 12.3. The standard InChI is InChI=1S/C22H25FO3/c1-4-5-18-12-17-10-11-19(21(23)20(17)22(25)26-18)13(2)15-6-8-16(9-7-15)14(3)24/h6-11,13-14,18,24H,4-5,12H2,1-3H3. The second-order valence-electron chi connectivity index (χ2n) is 7.09. The van der Waals surface area contributed by atoms with Crippen LogP contribution in [0.1, 0.15) is 78.2 Å². The molecule has 3 rings (SSSR count). The van der Waals surface area contributed by atoms with E-state index >= 15 is 4.39 Å². The minimum atomic E-state index is -0.555. The highest BCUT2D eigenvalue weighted by molar-refractivity contribution is 5.93. The van der Waals surface area contributed by atoms with Gasteiger partial charge in [0.1, 0.15) is 11.9 Å². The summed E-state index contributed by atoms with van der Waals surface area (Å²) in [7, 11) is 0. The van der Waals surface area contributed by atoms with Crippen LogP contribution in [0, 0.1) is 5.82 Å². The van der Waals surface area contributed by atoms with Gasteiger partial charge in [0, 0.05) is 12.3 Å². The summed E-state index contributed by atoms with van der Waals surface area (Å²) in [6.45, 7) is 5.66. The van der Waals surface area contributed by atoms with Crippen LogP contribution in [-0.4, -0.2) is 17.2 Å². The van der Waals surface area contributed by atoms with Crippen molar-refractivity contribution >= 4 is 5.97 Å². The molecule has 0 radical (unpaired) electrons. The first kappa shape index (κ1) is 18.6. The number of hydrogen-bond donors (Lipinski definition) is 1. The molecule has 1 aliphatic rings. The Hall–Kier alpha value is -2.20. The lowest BCUT2D eigenvalue weighted by molar-refractivity contribution is 0.0229. The summed E-state index contributed by atoms with van der Waals surface area (Å²) in [6, 6.07) is 11.1. The van der Waals surface area contributed by atoms with E-state index in [2.05, 4.69) is 0 Å². The number of aliphatic hydroxyl groups excluding tert-OH is 1. The predicted octanol–water partition coefficient (Wildman–Crippen LogP) is 4.91. The maximum atomic E-state index is 15.1. The van der Waals surface area contributed by atoms with Crippen molar-refractivity contribution in [2.45, 2.75) is 58.2 Å². The third-order valence-corrected chi connectivity index (χ3v) is 5.18. The molecule has 0 fully saturated rings. The molecule has 4 heteroatoms. The third kappa shape index (κ3) is 3.51. The summed E-state index contributed by atoms with van der Waals surface area (Å²) >= 11 is 0. The molecular weight excluding hydrogens is 331 g/mol. The zero-order chi connectivity index (χ0) is 18.8. The average molecular weight is 356 g/mol. The molecule has 3 unspecified atom stereocenters. The van der Waals surface area contributed by atoms with Gasteiger partial charge in [-0.2, -0.15) is 0 Å². The first-order chi connectivity index (χ1) is 12.4. The number of fused-ring (bicyclic) bond motifs is 1. The highest BCUT2D eigenvalue weighted by atomic mass is 19.1. The largest absolute Gasteiger partial charge is 0.458 e. The van der Waals surface area contributed by atoms with E-state index in [1.165, 1.54) is 0 Å². The predicted molar refractivity (Wildman–Crippen MR) is 98.8 cm³/mol. The summed E-state index contributed by atoms with van der Waals surface area (Å²) in [5.74, 6) is -1.24. The second kappa shape index (κ2) is 7.58. The van der Waals surface area contributed by atoms with Crippen molar-refractivity contribution in [3.05, 3.63) is 70.0 Å². The van der Waals surface area contributed by atoms with Gasteiger partial charge in [0.05, 0.1) is 11.7 Å². The van der Waals surface area contributed by atoms with E-state index < -0.39 is 17.9 Å². The fraction of sp³-hybridized carbons (Fsp3) is 0.409. The van der Waals surface area contributed by atoms with Crippen LogP contribution in [0.15, 0.2) is 36.4 Å². The molecule has 2 aromatic rings. The Balaban J connectivity index is 1.92. The number of carbonyl (C=O) groups is 1. The van der Waals surface area contributed by atoms with E-state index in [0.717, 1.165) is 29.5 Å². The molecule has 1 aliphatic heterocycles. The number of rotatable bonds is 5. The molecule has 26 heavy (non-hydrogen) atoms. The van der Waals surface area contributed by atoms with Crippen molar-refractivity contribution in [1.29, 1.82) is 0 Å². The maximum absolute atomic E-state index is 15.1. The molecule has 0 amide bonds. The van der Waals surface area contributed by atoms with Crippen LogP contribution in [-0.2, 0) is 11.2 Å². The minimum Gasteiger partial charge on any atom is -0.458 e. The van der Waals surface area contributed by atoms with Gasteiger partial charge in [-0.05, 0) is 35.6 Å². The first-order valence-corrected chi connectivity index (χ1v) is 9.22. The Morgan fingerprint density at radius 2 is 1.81 bits per heavy atom. The molecule has 0 bridgehead atoms. The second-order valence-corrected chi connectivity index (χ2v) is 7.09. The Kier molecular flexibility index (Phi) is 5.42. The van der Waals surface area contributed by atoms with E-state index in [4.69, 9.17) is 4.74 Å². The lowest BCUT2D eigenvalue weighted by atomic mass is 9.87. The van der Waals surface area contributed by atoms with E-state index in [1.807, 2.05) is 44.2 Å². The molecule has 1 heterocycles. The first-order valence-electron chi connectivity index (χ1n) is 9.22. The van der Waals surface area contributed by atoms with Crippen molar-refractivity contribution < 1.29 is 19.0 Å². The van der Waals surface area contributed by atoms with Crippen LogP contribution >= 0.6 is 0 Å². The Labute approximate surface area is 153 Å². The topological polar surface area (TPSA) is 46.5 Å². The van der Waals surface area contributed by atoms with Gasteiger partial charge in [0.15, 0.2) is 0 Å². The van der Waals surface area contributed by atoms with Gasteiger partial charge in [-0.3, -0.25) is 0 Å². The number of esters is 1. The van der Waals surface area contributed by atoms with Crippen LogP contribution < -0.4 is 0 Å². The smallest absolute Gasteiger partial charge is 0.341 e. The number of benzene rings is 2. The van der Waals surface area contributed by atoms with Gasteiger partial charge in [0.25, 0.3) is 0 Å². The average Bonchev–Trinajstić information content (AvgIpc) is 2.61. The van der Waals surface area contributed by atoms with E-state index in [9.17, 15) is 9.90 Å². The molecule has 3 atom stereocenters. The lowest BCUT2D eigenvalue weighted by Gasteiger charge is -2.26. The third-order valence-electron chi connectivity index (χ3n) is 5.18. The zero-order valence-corrected chi connectivity index (χ0v) is 15.5. The van der Waals surface area contributed by atoms with Gasteiger partial charge in [0.2, 0.25) is 0 Å². The number of halogens is 1. The number of ether oxygens (including phenoxy) is 1. The van der Waals surface area contributed by atoms with Gasteiger partial charge in [-0.15, -0.1) is 0 Å². The van der Waals surface area contributed by atoms with Gasteiger partial charge in [-0.1, -0.05) is 56.7 Å². The number of hydrogen-bond acceptors (Lipinski definition) is 3. The zero-order valence-electron chi connectivity index (χ0n) is 15.5. The van der Waals surface area contributed by atoms with Crippen molar-refractivity contribution in [3.8, 4) is 0 Å². The number of cyclic esters (lactones) is 1. The van der Waals surface area contributed by atoms with Crippen LogP contribution in [0.2, 0.25) is 0 Å². The fourth-order valence-corrected chi connectivity index (χ4v) is 3.58. The molecule has 0 saturated heterocycles. The van der Waals surface area contributed by atoms with Crippen molar-refractivity contribution in [3.63, 3.8) is 0 Å². The molecule has 0 aromatic heterocycles. The maximum Gasteiger partial charge on any atom is 0.341 e. The van der Waals surface area contributed by atoms with Gasteiger partial charge in [-0.25, -0.2) is 9.18 Å². The van der Waals surface area contributed by atoms with E-state index in [0.29, 0.717) is 12.0 Å². The van der Waals surface area contributed by atoms with Crippen LogP contribution in [0.5, 0.6) is 0 Å². The fourth-order valence-electron chi connectivity index (χ4n) is 3.58. The van der Waals surface area contributed by atoms with Gasteiger partial charge >= 0.3 is 5.97 Å². The normalized spacial score (nSPS) is 18.8. The quantitative estimate of drug-likeness (QED) is 0.774. The Morgan fingerprint density at radius 3 is 2.42 bits per heavy atom. The molecule has 1 N–H and O–H groups in total. The lowest BCUT2D eigenvalue weighted by Crippen LogP contribution is -2.29. The SMILES string of the molecule is CCCC1Cc2ccc(C(C)c3ccc(C(C)O)cc3)c(F)c2C(=O)O1. The summed E-state index contributed by atoms with van der Waals surface area (Å²) < 4.78 is 20.5. The molecule has 2 aromatic carbocycles. The highest BCUT2D eigenvalue weighted by Gasteiger charge is 2.31. The van der Waals surface area contributed by atoms with Crippen LogP contribution in [0.4, 0.5) is 4.39 Å². The molecule has 0 aliphatic carbocycles. The summed E-state index contributed by atoms with van der Waals surface area (Å²) in [5.41, 5.74) is 3.05. The molecule has 3 nitrogen and oxygen atoms in total. The molecule has 0 saturated carbocycles. The van der Waals surface area contributed by atoms with E-state index in [-0.39, 0.29) is 17.6 Å². The van der Waals surface area contributed by atoms with Gasteiger partial charge < -0.3 is 9.84 Å². The molecule has 138 valence electrons. The monoisotopic (exact) mass is 356 g/mol. The van der Waals surface area contributed by atoms with Crippen LogP contribution in [0.3, 0.4) is 0 Å². The van der Waals surface area contributed by atoms with Crippen molar-refractivity contribution in [2.24, 2.45) is 0 Å². The molecule has 0 spiro atoms. The van der Waals surface area contributed by atoms with E-state index in [1.54, 1.807) is 13.0 Å². The summed E-state index contributed by atoms with van der Waals surface area (Å²) in [5, 5.41) is 9.62. The Morgan fingerprint density at radius 1 is 1.15 bits per heavy atom. The minimum absolute atomic E-state index is 0.0855.